The number of halogens is 3. The summed E-state index contributed by atoms with van der Waals surface area (Å²) >= 11 is 0. The Hall–Kier alpha value is -1.98. The molecule has 0 aliphatic carbocycles. The molecule has 2 N–H and O–H groups in total. The average molecular weight is 229 g/mol. The van der Waals surface area contributed by atoms with Gasteiger partial charge in [-0.25, -0.2) is 18.0 Å². The van der Waals surface area contributed by atoms with E-state index in [1.807, 2.05) is 0 Å². The van der Waals surface area contributed by atoms with Crippen LogP contribution in [0.5, 0.6) is 0 Å². The molecule has 0 spiro atoms. The molecule has 6 heteroatoms. The van der Waals surface area contributed by atoms with Crippen molar-refractivity contribution >= 4 is 16.9 Å². The first-order valence-corrected chi connectivity index (χ1v) is 4.32. The Morgan fingerprint density at radius 3 is 2.56 bits per heavy atom. The Morgan fingerprint density at radius 2 is 2.00 bits per heavy atom. The third-order valence-electron chi connectivity index (χ3n) is 2.20. The standard InChI is InChI=1S/C10H6F3NO2/c11-6-1-4-2-8(10(15)16)14-7(4)3-5(6)9(12)13/h1-3,9,14H,(H,15,16). The smallest absolute Gasteiger partial charge is 0.352 e. The predicted octanol–water partition coefficient (Wildman–Crippen LogP) is 2.94. The van der Waals surface area contributed by atoms with Gasteiger partial charge < -0.3 is 10.1 Å². The van der Waals surface area contributed by atoms with E-state index in [0.29, 0.717) is 0 Å². The molecule has 3 nitrogen and oxygen atoms in total. The van der Waals surface area contributed by atoms with Gasteiger partial charge in [0, 0.05) is 10.9 Å². The number of benzene rings is 1. The highest BCUT2D eigenvalue weighted by Crippen LogP contribution is 2.27. The SMILES string of the molecule is O=C(O)c1cc2cc(F)c(C(F)F)cc2[nH]1. The summed E-state index contributed by atoms with van der Waals surface area (Å²) in [6, 6.07) is 3.00. The number of carboxylic acids is 1. The van der Waals surface area contributed by atoms with Crippen LogP contribution in [0.4, 0.5) is 13.2 Å². The minimum Gasteiger partial charge on any atom is -0.477 e. The van der Waals surface area contributed by atoms with Crippen molar-refractivity contribution in [2.45, 2.75) is 6.43 Å². The number of fused-ring (bicyclic) bond motifs is 1. The van der Waals surface area contributed by atoms with E-state index < -0.39 is 23.8 Å². The lowest BCUT2D eigenvalue weighted by molar-refractivity contribution is 0.0691. The lowest BCUT2D eigenvalue weighted by Gasteiger charge is -2.01. The molecule has 1 aromatic carbocycles. The molecule has 0 bridgehead atoms. The summed E-state index contributed by atoms with van der Waals surface area (Å²) in [5.74, 6) is -2.27. The van der Waals surface area contributed by atoms with Crippen LogP contribution in [-0.2, 0) is 0 Å². The molecule has 1 aromatic heterocycles. The molecule has 1 heterocycles. The van der Waals surface area contributed by atoms with Crippen molar-refractivity contribution in [3.8, 4) is 0 Å². The van der Waals surface area contributed by atoms with Crippen molar-refractivity contribution in [1.82, 2.24) is 4.98 Å². The third-order valence-corrected chi connectivity index (χ3v) is 2.20. The summed E-state index contributed by atoms with van der Waals surface area (Å²) in [7, 11) is 0. The molecule has 0 unspecified atom stereocenters. The number of alkyl halides is 2. The minimum absolute atomic E-state index is 0.166. The topological polar surface area (TPSA) is 53.1 Å². The maximum Gasteiger partial charge on any atom is 0.352 e. The van der Waals surface area contributed by atoms with Gasteiger partial charge in [-0.1, -0.05) is 0 Å². The zero-order valence-electron chi connectivity index (χ0n) is 7.80. The van der Waals surface area contributed by atoms with Gasteiger partial charge in [-0.3, -0.25) is 0 Å². The molecular weight excluding hydrogens is 223 g/mol. The van der Waals surface area contributed by atoms with Crippen LogP contribution in [0, 0.1) is 5.82 Å². The Kier molecular flexibility index (Phi) is 2.34. The Morgan fingerprint density at radius 1 is 1.31 bits per heavy atom. The van der Waals surface area contributed by atoms with E-state index in [9.17, 15) is 18.0 Å². The van der Waals surface area contributed by atoms with E-state index in [2.05, 4.69) is 4.98 Å². The molecule has 0 atom stereocenters. The van der Waals surface area contributed by atoms with Crippen molar-refractivity contribution in [2.75, 3.05) is 0 Å². The molecule has 16 heavy (non-hydrogen) atoms. The van der Waals surface area contributed by atoms with Crippen LogP contribution in [0.3, 0.4) is 0 Å². The number of carbonyl (C=O) groups is 1. The number of carboxylic acid groups (broad SMARTS) is 1. The molecule has 0 aliphatic heterocycles. The zero-order chi connectivity index (χ0) is 11.9. The predicted molar refractivity (Wildman–Crippen MR) is 50.2 cm³/mol. The van der Waals surface area contributed by atoms with E-state index in [0.717, 1.165) is 12.1 Å². The zero-order valence-corrected chi connectivity index (χ0v) is 7.80. The number of aromatic amines is 1. The second kappa shape index (κ2) is 3.55. The first kappa shape index (κ1) is 10.5. The lowest BCUT2D eigenvalue weighted by atomic mass is 10.1. The van der Waals surface area contributed by atoms with Crippen molar-refractivity contribution in [3.63, 3.8) is 0 Å². The van der Waals surface area contributed by atoms with Gasteiger partial charge in [0.05, 0.1) is 5.56 Å². The highest BCUT2D eigenvalue weighted by atomic mass is 19.3. The molecule has 0 amide bonds. The van der Waals surface area contributed by atoms with Crippen molar-refractivity contribution in [2.24, 2.45) is 0 Å². The van der Waals surface area contributed by atoms with Gasteiger partial charge in [-0.05, 0) is 18.2 Å². The monoisotopic (exact) mass is 229 g/mol. The van der Waals surface area contributed by atoms with Crippen molar-refractivity contribution < 1.29 is 23.1 Å². The van der Waals surface area contributed by atoms with Crippen molar-refractivity contribution in [1.29, 1.82) is 0 Å². The van der Waals surface area contributed by atoms with Crippen LogP contribution in [0.25, 0.3) is 10.9 Å². The highest BCUT2D eigenvalue weighted by molar-refractivity contribution is 5.93. The van der Waals surface area contributed by atoms with E-state index in [-0.39, 0.29) is 16.6 Å². The second-order valence-corrected chi connectivity index (χ2v) is 3.25. The summed E-state index contributed by atoms with van der Waals surface area (Å²) in [4.78, 5) is 13.0. The van der Waals surface area contributed by atoms with Crippen LogP contribution in [0.1, 0.15) is 22.5 Å². The van der Waals surface area contributed by atoms with Gasteiger partial charge in [-0.15, -0.1) is 0 Å². The van der Waals surface area contributed by atoms with Gasteiger partial charge in [0.1, 0.15) is 11.5 Å². The van der Waals surface area contributed by atoms with Crippen molar-refractivity contribution in [3.05, 3.63) is 35.3 Å². The van der Waals surface area contributed by atoms with E-state index >= 15 is 0 Å². The quantitative estimate of drug-likeness (QED) is 0.831. The number of nitrogens with one attached hydrogen (secondary N) is 1. The van der Waals surface area contributed by atoms with Gasteiger partial charge in [0.15, 0.2) is 0 Å². The molecule has 2 aromatic rings. The Bertz CT molecular complexity index is 562. The second-order valence-electron chi connectivity index (χ2n) is 3.25. The fraction of sp³-hybridized carbons (Fsp3) is 0.100. The van der Waals surface area contributed by atoms with E-state index in [1.165, 1.54) is 6.07 Å². The van der Waals surface area contributed by atoms with Crippen LogP contribution in [0.15, 0.2) is 18.2 Å². The van der Waals surface area contributed by atoms with Crippen LogP contribution >= 0.6 is 0 Å². The van der Waals surface area contributed by atoms with E-state index in [4.69, 9.17) is 5.11 Å². The van der Waals surface area contributed by atoms with Gasteiger partial charge in [0.2, 0.25) is 0 Å². The number of hydrogen-bond donors (Lipinski definition) is 2. The third kappa shape index (κ3) is 1.62. The summed E-state index contributed by atoms with van der Waals surface area (Å²) in [5.41, 5.74) is -0.735. The first-order valence-electron chi connectivity index (χ1n) is 4.32. The Balaban J connectivity index is 2.65. The van der Waals surface area contributed by atoms with Crippen LogP contribution in [0.2, 0.25) is 0 Å². The normalized spacial score (nSPS) is 11.2. The minimum atomic E-state index is -2.93. The van der Waals surface area contributed by atoms with Crippen LogP contribution in [-0.4, -0.2) is 16.1 Å². The summed E-state index contributed by atoms with van der Waals surface area (Å²) in [5, 5.41) is 8.91. The number of rotatable bonds is 2. The molecular formula is C10H6F3NO2. The fourth-order valence-corrected chi connectivity index (χ4v) is 1.45. The number of aromatic nitrogens is 1. The molecule has 0 saturated heterocycles. The number of H-pyrrole nitrogens is 1. The molecule has 84 valence electrons. The molecule has 0 radical (unpaired) electrons. The van der Waals surface area contributed by atoms with Gasteiger partial charge >= 0.3 is 5.97 Å². The van der Waals surface area contributed by atoms with E-state index in [1.54, 1.807) is 0 Å². The fourth-order valence-electron chi connectivity index (χ4n) is 1.45. The average Bonchev–Trinajstić information content (AvgIpc) is 2.58. The summed E-state index contributed by atoms with van der Waals surface area (Å²) in [6.07, 6.45) is -2.93. The largest absolute Gasteiger partial charge is 0.477 e. The summed E-state index contributed by atoms with van der Waals surface area (Å²) in [6.45, 7) is 0. The lowest BCUT2D eigenvalue weighted by Crippen LogP contribution is -1.94. The maximum atomic E-state index is 13.1. The first-order chi connectivity index (χ1) is 7.49. The summed E-state index contributed by atoms with van der Waals surface area (Å²) < 4.78 is 37.8. The van der Waals surface area contributed by atoms with Gasteiger partial charge in [0.25, 0.3) is 6.43 Å². The molecule has 0 aliphatic rings. The Labute approximate surface area is 87.5 Å². The maximum absolute atomic E-state index is 13.1. The van der Waals surface area contributed by atoms with Gasteiger partial charge in [-0.2, -0.15) is 0 Å². The molecule has 2 rings (SSSR count). The highest BCUT2D eigenvalue weighted by Gasteiger charge is 2.16. The number of hydrogen-bond acceptors (Lipinski definition) is 1. The molecule has 0 saturated carbocycles. The van der Waals surface area contributed by atoms with Crippen LogP contribution < -0.4 is 0 Å². The number of aromatic carboxylic acids is 1. The molecule has 0 fully saturated rings.